The van der Waals surface area contributed by atoms with Crippen LogP contribution in [0.4, 0.5) is 4.79 Å². The van der Waals surface area contributed by atoms with Crippen molar-refractivity contribution in [2.75, 3.05) is 26.7 Å². The lowest BCUT2D eigenvalue weighted by molar-refractivity contribution is -0.131. The first kappa shape index (κ1) is 19.9. The van der Waals surface area contributed by atoms with Crippen molar-refractivity contribution >= 4 is 35.1 Å². The standard InChI is InChI=1S/C18H25Cl2N3O2/c1-22(13-14-7-6-8-15(19)17(14)20)18(25)21-10-9-16(24)23-11-4-2-3-5-12-23/h6-8H,2-5,9-13H2,1H3,(H,21,25). The molecular weight excluding hydrogens is 361 g/mol. The SMILES string of the molecule is CN(Cc1cccc(Cl)c1Cl)C(=O)NCCC(=O)N1CCCCCC1. The van der Waals surface area contributed by atoms with Gasteiger partial charge < -0.3 is 15.1 Å². The van der Waals surface area contributed by atoms with Crippen LogP contribution in [0.2, 0.25) is 10.0 Å². The van der Waals surface area contributed by atoms with Crippen LogP contribution in [-0.4, -0.2) is 48.4 Å². The Hall–Kier alpha value is -1.46. The molecule has 0 unspecified atom stereocenters. The van der Waals surface area contributed by atoms with E-state index >= 15 is 0 Å². The van der Waals surface area contributed by atoms with E-state index in [4.69, 9.17) is 23.2 Å². The fourth-order valence-corrected chi connectivity index (χ4v) is 3.27. The highest BCUT2D eigenvalue weighted by Crippen LogP contribution is 2.26. The second kappa shape index (κ2) is 9.88. The lowest BCUT2D eigenvalue weighted by atomic mass is 10.2. The van der Waals surface area contributed by atoms with Gasteiger partial charge in [-0.2, -0.15) is 0 Å². The summed E-state index contributed by atoms with van der Waals surface area (Å²) in [5.41, 5.74) is 0.785. The van der Waals surface area contributed by atoms with Crippen LogP contribution < -0.4 is 5.32 Å². The number of carbonyl (C=O) groups is 2. The van der Waals surface area contributed by atoms with Gasteiger partial charge in [0.05, 0.1) is 10.0 Å². The van der Waals surface area contributed by atoms with Gasteiger partial charge in [0.25, 0.3) is 0 Å². The number of urea groups is 1. The molecule has 25 heavy (non-hydrogen) atoms. The van der Waals surface area contributed by atoms with E-state index in [0.717, 1.165) is 31.5 Å². The van der Waals surface area contributed by atoms with Crippen molar-refractivity contribution in [3.8, 4) is 0 Å². The summed E-state index contributed by atoms with van der Waals surface area (Å²) in [5.74, 6) is 0.114. The minimum atomic E-state index is -0.236. The number of halogens is 2. The van der Waals surface area contributed by atoms with Crippen molar-refractivity contribution in [1.82, 2.24) is 15.1 Å². The zero-order chi connectivity index (χ0) is 18.2. The highest BCUT2D eigenvalue weighted by Gasteiger charge is 2.16. The fraction of sp³-hybridized carbons (Fsp3) is 0.556. The molecule has 0 aromatic heterocycles. The van der Waals surface area contributed by atoms with Crippen LogP contribution in [0.5, 0.6) is 0 Å². The lowest BCUT2D eigenvalue weighted by Gasteiger charge is -2.21. The Kier molecular flexibility index (Phi) is 7.85. The van der Waals surface area contributed by atoms with Crippen LogP contribution >= 0.6 is 23.2 Å². The van der Waals surface area contributed by atoms with E-state index in [9.17, 15) is 9.59 Å². The van der Waals surface area contributed by atoms with Gasteiger partial charge in [0, 0.05) is 39.6 Å². The zero-order valence-electron chi connectivity index (χ0n) is 14.6. The van der Waals surface area contributed by atoms with Gasteiger partial charge in [0.15, 0.2) is 0 Å². The van der Waals surface area contributed by atoms with Gasteiger partial charge in [0.1, 0.15) is 0 Å². The van der Waals surface area contributed by atoms with Gasteiger partial charge >= 0.3 is 6.03 Å². The van der Waals surface area contributed by atoms with Crippen LogP contribution in [0.15, 0.2) is 18.2 Å². The van der Waals surface area contributed by atoms with Gasteiger partial charge in [-0.3, -0.25) is 4.79 Å². The summed E-state index contributed by atoms with van der Waals surface area (Å²) in [7, 11) is 1.68. The number of amides is 3. The molecule has 138 valence electrons. The first-order chi connectivity index (χ1) is 12.0. The third-order valence-electron chi connectivity index (χ3n) is 4.36. The molecule has 1 aromatic carbocycles. The average molecular weight is 386 g/mol. The maximum Gasteiger partial charge on any atom is 0.317 e. The van der Waals surface area contributed by atoms with Gasteiger partial charge in [-0.05, 0) is 24.5 Å². The molecule has 1 heterocycles. The first-order valence-electron chi connectivity index (χ1n) is 8.68. The second-order valence-corrected chi connectivity index (χ2v) is 7.13. The lowest BCUT2D eigenvalue weighted by Crippen LogP contribution is -2.39. The van der Waals surface area contributed by atoms with E-state index in [-0.39, 0.29) is 11.9 Å². The Balaban J connectivity index is 1.75. The number of benzene rings is 1. The quantitative estimate of drug-likeness (QED) is 0.834. The third kappa shape index (κ3) is 6.08. The minimum Gasteiger partial charge on any atom is -0.343 e. The molecule has 2 rings (SSSR count). The van der Waals surface area contributed by atoms with Gasteiger partial charge in [0.2, 0.25) is 5.91 Å². The van der Waals surface area contributed by atoms with Crippen LogP contribution in [0.1, 0.15) is 37.7 Å². The summed E-state index contributed by atoms with van der Waals surface area (Å²) in [4.78, 5) is 27.8. The summed E-state index contributed by atoms with van der Waals surface area (Å²) in [6.07, 6.45) is 4.86. The fourth-order valence-electron chi connectivity index (χ4n) is 2.89. The van der Waals surface area contributed by atoms with Crippen molar-refractivity contribution in [2.24, 2.45) is 0 Å². The number of rotatable bonds is 5. The van der Waals surface area contributed by atoms with E-state index in [0.29, 0.717) is 29.6 Å². The number of hydrogen-bond acceptors (Lipinski definition) is 2. The molecule has 0 aliphatic carbocycles. The monoisotopic (exact) mass is 385 g/mol. The highest BCUT2D eigenvalue weighted by molar-refractivity contribution is 6.42. The number of nitrogens with zero attached hydrogens (tertiary/aromatic N) is 2. The maximum absolute atomic E-state index is 12.2. The summed E-state index contributed by atoms with van der Waals surface area (Å²) in [5, 5.41) is 3.71. The van der Waals surface area contributed by atoms with E-state index in [1.54, 1.807) is 19.2 Å². The first-order valence-corrected chi connectivity index (χ1v) is 9.44. The summed E-state index contributed by atoms with van der Waals surface area (Å²) < 4.78 is 0. The molecule has 1 N–H and O–H groups in total. The summed E-state index contributed by atoms with van der Waals surface area (Å²) in [6.45, 7) is 2.35. The average Bonchev–Trinajstić information content (AvgIpc) is 2.88. The minimum absolute atomic E-state index is 0.114. The van der Waals surface area contributed by atoms with Crippen molar-refractivity contribution < 1.29 is 9.59 Å². The van der Waals surface area contributed by atoms with Gasteiger partial charge in [-0.1, -0.05) is 48.2 Å². The largest absolute Gasteiger partial charge is 0.343 e. The van der Waals surface area contributed by atoms with Gasteiger partial charge in [-0.15, -0.1) is 0 Å². The van der Waals surface area contributed by atoms with Crippen molar-refractivity contribution in [3.63, 3.8) is 0 Å². The second-order valence-electron chi connectivity index (χ2n) is 6.35. The Labute approximate surface area is 159 Å². The topological polar surface area (TPSA) is 52.7 Å². The van der Waals surface area contributed by atoms with E-state index < -0.39 is 0 Å². The Morgan fingerprint density at radius 3 is 2.52 bits per heavy atom. The van der Waals surface area contributed by atoms with Crippen molar-refractivity contribution in [1.29, 1.82) is 0 Å². The van der Waals surface area contributed by atoms with Crippen LogP contribution in [0, 0.1) is 0 Å². The number of likely N-dealkylation sites (tertiary alicyclic amines) is 1. The van der Waals surface area contributed by atoms with Crippen molar-refractivity contribution in [3.05, 3.63) is 33.8 Å². The van der Waals surface area contributed by atoms with Gasteiger partial charge in [-0.25, -0.2) is 4.79 Å². The molecule has 0 atom stereocenters. The third-order valence-corrected chi connectivity index (χ3v) is 5.22. The molecule has 1 aliphatic rings. The van der Waals surface area contributed by atoms with E-state index in [2.05, 4.69) is 5.32 Å². The number of hydrogen-bond donors (Lipinski definition) is 1. The van der Waals surface area contributed by atoms with E-state index in [1.165, 1.54) is 17.7 Å². The zero-order valence-corrected chi connectivity index (χ0v) is 16.1. The molecule has 0 bridgehead atoms. The molecule has 1 aliphatic heterocycles. The predicted molar refractivity (Wildman–Crippen MR) is 101 cm³/mol. The van der Waals surface area contributed by atoms with E-state index in [1.807, 2.05) is 11.0 Å². The van der Waals surface area contributed by atoms with Crippen LogP contribution in [0.25, 0.3) is 0 Å². The summed E-state index contributed by atoms with van der Waals surface area (Å²) in [6, 6.07) is 5.11. The summed E-state index contributed by atoms with van der Waals surface area (Å²) >= 11 is 12.1. The molecule has 1 saturated heterocycles. The highest BCUT2D eigenvalue weighted by atomic mass is 35.5. The van der Waals surface area contributed by atoms with Crippen LogP contribution in [-0.2, 0) is 11.3 Å². The normalized spacial score (nSPS) is 14.8. The smallest absolute Gasteiger partial charge is 0.317 e. The molecule has 5 nitrogen and oxygen atoms in total. The molecule has 7 heteroatoms. The molecule has 0 saturated carbocycles. The Bertz CT molecular complexity index is 602. The van der Waals surface area contributed by atoms with Crippen molar-refractivity contribution in [2.45, 2.75) is 38.6 Å². The molecule has 0 spiro atoms. The number of carbonyl (C=O) groups excluding carboxylic acids is 2. The maximum atomic E-state index is 12.2. The molecule has 1 aromatic rings. The predicted octanol–water partition coefficient (Wildman–Crippen LogP) is 3.93. The van der Waals surface area contributed by atoms with Crippen LogP contribution in [0.3, 0.4) is 0 Å². The number of nitrogens with one attached hydrogen (secondary N) is 1. The molecule has 3 amide bonds. The Morgan fingerprint density at radius 2 is 1.84 bits per heavy atom. The molecule has 1 fully saturated rings. The molecule has 0 radical (unpaired) electrons. The Morgan fingerprint density at radius 1 is 1.16 bits per heavy atom. The molecular formula is C18H25Cl2N3O2.